The van der Waals surface area contributed by atoms with Crippen LogP contribution in [0.5, 0.6) is 0 Å². The van der Waals surface area contributed by atoms with Crippen molar-refractivity contribution in [1.82, 2.24) is 21.0 Å². The molecule has 3 atom stereocenters. The van der Waals surface area contributed by atoms with Crippen LogP contribution >= 0.6 is 0 Å². The number of hydrogen-bond acceptors (Lipinski definition) is 6. The van der Waals surface area contributed by atoms with E-state index in [9.17, 15) is 0 Å². The van der Waals surface area contributed by atoms with Crippen LogP contribution in [0.2, 0.25) is 0 Å². The molecule has 0 aromatic carbocycles. The SMILES string of the molecule is C1CCCCC1.C=NN(CCNC1CCNCC1)/C(OC)=C(\C)C(=C)NC1CCCC(C)C1C.CC(C)C. The second-order valence-corrected chi connectivity index (χ2v) is 12.2. The van der Waals surface area contributed by atoms with Gasteiger partial charge in [-0.15, -0.1) is 0 Å². The smallest absolute Gasteiger partial charge is 0.214 e. The van der Waals surface area contributed by atoms with Crippen LogP contribution in [-0.4, -0.2) is 57.1 Å². The Bertz CT molecular complexity index is 652. The molecule has 3 rings (SSSR count). The van der Waals surface area contributed by atoms with Gasteiger partial charge in [-0.1, -0.05) is 92.6 Å². The van der Waals surface area contributed by atoms with Crippen LogP contribution in [0.3, 0.4) is 0 Å². The molecule has 3 fully saturated rings. The van der Waals surface area contributed by atoms with Crippen LogP contribution in [-0.2, 0) is 4.74 Å². The molecule has 0 aromatic rings. The van der Waals surface area contributed by atoms with Crippen LogP contribution in [0.25, 0.3) is 0 Å². The fourth-order valence-corrected chi connectivity index (χ4v) is 5.40. The van der Waals surface area contributed by atoms with Crippen LogP contribution in [0, 0.1) is 17.8 Å². The standard InChI is InChI=1S/C22H41N5O.C6H12.C4H10/c1-16-8-7-9-21(17(16)2)26-19(4)18(3)22(28-6)27(23-5)15-14-25-20-10-12-24-13-11-20;1-2-4-6-5-3-1;1-4(2)3/h16-17,20-21,24-26H,4-5,7-15H2,1-3,6H3;1-6H2;4H,1-3H3/b22-18-;;. The summed E-state index contributed by atoms with van der Waals surface area (Å²) in [6, 6.07) is 1.05. The Morgan fingerprint density at radius 2 is 1.53 bits per heavy atom. The summed E-state index contributed by atoms with van der Waals surface area (Å²) in [6.07, 6.45) is 15.1. The van der Waals surface area contributed by atoms with E-state index in [4.69, 9.17) is 4.74 Å². The van der Waals surface area contributed by atoms with Crippen LogP contribution < -0.4 is 16.0 Å². The molecule has 1 saturated heterocycles. The normalized spacial score (nSPS) is 24.6. The first-order chi connectivity index (χ1) is 18.2. The molecule has 2 saturated carbocycles. The fourth-order valence-electron chi connectivity index (χ4n) is 5.40. The summed E-state index contributed by atoms with van der Waals surface area (Å²) in [5, 5.41) is 16.7. The summed E-state index contributed by atoms with van der Waals surface area (Å²) < 4.78 is 5.70. The first kappa shape index (κ1) is 34.5. The van der Waals surface area contributed by atoms with Gasteiger partial charge in [0.25, 0.3) is 0 Å². The summed E-state index contributed by atoms with van der Waals surface area (Å²) in [4.78, 5) is 0. The summed E-state index contributed by atoms with van der Waals surface area (Å²) in [5.74, 6) is 2.95. The maximum absolute atomic E-state index is 5.70. The van der Waals surface area contributed by atoms with Crippen molar-refractivity contribution in [1.29, 1.82) is 0 Å². The number of allylic oxidation sites excluding steroid dienone is 1. The van der Waals surface area contributed by atoms with E-state index < -0.39 is 0 Å². The molecule has 6 nitrogen and oxygen atoms in total. The molecule has 1 heterocycles. The zero-order chi connectivity index (χ0) is 28.3. The van der Waals surface area contributed by atoms with Gasteiger partial charge in [0.1, 0.15) is 0 Å². The number of hydrogen-bond donors (Lipinski definition) is 3. The number of piperidine rings is 1. The molecule has 0 aromatic heterocycles. The Morgan fingerprint density at radius 3 is 2.03 bits per heavy atom. The number of ether oxygens (including phenoxy) is 1. The zero-order valence-electron chi connectivity index (χ0n) is 26.2. The first-order valence-electron chi connectivity index (χ1n) is 15.6. The van der Waals surface area contributed by atoms with Gasteiger partial charge in [-0.25, -0.2) is 5.01 Å². The van der Waals surface area contributed by atoms with Crippen LogP contribution in [0.4, 0.5) is 0 Å². The minimum atomic E-state index is 0.469. The van der Waals surface area contributed by atoms with E-state index in [1.165, 1.54) is 70.6 Å². The number of hydrazone groups is 1. The summed E-state index contributed by atoms with van der Waals surface area (Å²) in [7, 11) is 1.69. The van der Waals surface area contributed by atoms with Crippen molar-refractivity contribution >= 4 is 6.72 Å². The zero-order valence-corrected chi connectivity index (χ0v) is 26.2. The second kappa shape index (κ2) is 20.4. The minimum absolute atomic E-state index is 0.469. The highest BCUT2D eigenvalue weighted by molar-refractivity contribution is 5.29. The topological polar surface area (TPSA) is 60.9 Å². The van der Waals surface area contributed by atoms with Gasteiger partial charge in [0, 0.05) is 36.6 Å². The Kier molecular flexibility index (Phi) is 18.5. The van der Waals surface area contributed by atoms with Gasteiger partial charge in [-0.3, -0.25) is 0 Å². The molecule has 222 valence electrons. The molecule has 1 aliphatic heterocycles. The lowest BCUT2D eigenvalue weighted by molar-refractivity contribution is 0.151. The number of methoxy groups -OCH3 is 1. The lowest BCUT2D eigenvalue weighted by Gasteiger charge is -2.36. The van der Waals surface area contributed by atoms with Crippen molar-refractivity contribution in [2.45, 2.75) is 124 Å². The van der Waals surface area contributed by atoms with E-state index in [0.29, 0.717) is 18.0 Å². The van der Waals surface area contributed by atoms with Gasteiger partial charge in [0.2, 0.25) is 5.88 Å². The van der Waals surface area contributed by atoms with E-state index in [0.717, 1.165) is 55.2 Å². The quantitative estimate of drug-likeness (QED) is 0.121. The highest BCUT2D eigenvalue weighted by Crippen LogP contribution is 2.30. The molecular weight excluding hydrogens is 470 g/mol. The van der Waals surface area contributed by atoms with Crippen LogP contribution in [0.15, 0.2) is 28.8 Å². The van der Waals surface area contributed by atoms with Crippen molar-refractivity contribution < 1.29 is 4.74 Å². The average molecular weight is 534 g/mol. The highest BCUT2D eigenvalue weighted by atomic mass is 16.5. The predicted octanol–water partition coefficient (Wildman–Crippen LogP) is 7.05. The molecule has 3 N–H and O–H groups in total. The lowest BCUT2D eigenvalue weighted by Crippen LogP contribution is -2.42. The van der Waals surface area contributed by atoms with Gasteiger partial charge in [-0.2, -0.15) is 5.10 Å². The maximum Gasteiger partial charge on any atom is 0.214 e. The summed E-state index contributed by atoms with van der Waals surface area (Å²) in [6.45, 7) is 25.0. The van der Waals surface area contributed by atoms with E-state index in [2.05, 4.69) is 69.0 Å². The lowest BCUT2D eigenvalue weighted by atomic mass is 9.78. The molecule has 0 spiro atoms. The van der Waals surface area contributed by atoms with Gasteiger partial charge >= 0.3 is 0 Å². The molecule has 0 amide bonds. The van der Waals surface area contributed by atoms with E-state index in [1.54, 1.807) is 7.11 Å². The Morgan fingerprint density at radius 1 is 0.974 bits per heavy atom. The third-order valence-corrected chi connectivity index (χ3v) is 8.03. The Balaban J connectivity index is 0.000000603. The monoisotopic (exact) mass is 534 g/mol. The molecule has 2 aliphatic carbocycles. The third-order valence-electron chi connectivity index (χ3n) is 8.03. The van der Waals surface area contributed by atoms with Crippen molar-refractivity contribution in [3.05, 3.63) is 23.7 Å². The summed E-state index contributed by atoms with van der Waals surface area (Å²) in [5.41, 5.74) is 1.91. The Hall–Kier alpha value is -1.53. The van der Waals surface area contributed by atoms with Crippen molar-refractivity contribution in [2.24, 2.45) is 22.9 Å². The summed E-state index contributed by atoms with van der Waals surface area (Å²) >= 11 is 0. The van der Waals surface area contributed by atoms with Crippen LogP contribution in [0.1, 0.15) is 112 Å². The molecule has 0 radical (unpaired) electrons. The largest absolute Gasteiger partial charge is 0.481 e. The third kappa shape index (κ3) is 14.0. The number of nitrogens with zero attached hydrogens (tertiary/aromatic N) is 2. The average Bonchev–Trinajstić information content (AvgIpc) is 2.92. The molecule has 0 bridgehead atoms. The molecular formula is C32H63N5O. The maximum atomic E-state index is 5.70. The van der Waals surface area contributed by atoms with Gasteiger partial charge < -0.3 is 20.7 Å². The highest BCUT2D eigenvalue weighted by Gasteiger charge is 2.28. The molecule has 6 heteroatoms. The van der Waals surface area contributed by atoms with E-state index in [-0.39, 0.29) is 0 Å². The predicted molar refractivity (Wildman–Crippen MR) is 166 cm³/mol. The molecule has 3 aliphatic rings. The van der Waals surface area contributed by atoms with Crippen molar-refractivity contribution in [3.8, 4) is 0 Å². The van der Waals surface area contributed by atoms with E-state index in [1.807, 2.05) is 11.9 Å². The molecule has 38 heavy (non-hydrogen) atoms. The van der Waals surface area contributed by atoms with Crippen molar-refractivity contribution in [2.75, 3.05) is 33.3 Å². The number of rotatable bonds is 10. The first-order valence-corrected chi connectivity index (χ1v) is 15.6. The van der Waals surface area contributed by atoms with Gasteiger partial charge in [0.15, 0.2) is 0 Å². The van der Waals surface area contributed by atoms with Gasteiger partial charge in [0.05, 0.1) is 13.7 Å². The Labute approximate surface area is 236 Å². The minimum Gasteiger partial charge on any atom is -0.481 e. The van der Waals surface area contributed by atoms with Crippen molar-refractivity contribution in [3.63, 3.8) is 0 Å². The molecule has 3 unspecified atom stereocenters. The van der Waals surface area contributed by atoms with Gasteiger partial charge in [-0.05, 0) is 57.0 Å². The second-order valence-electron chi connectivity index (χ2n) is 12.2. The number of nitrogens with one attached hydrogen (secondary N) is 3. The van der Waals surface area contributed by atoms with E-state index >= 15 is 0 Å². The fraction of sp³-hybridized carbons (Fsp3) is 0.844.